The third-order valence-corrected chi connectivity index (χ3v) is 3.66. The Morgan fingerprint density at radius 2 is 2.10 bits per heavy atom. The highest BCUT2D eigenvalue weighted by molar-refractivity contribution is 5.98. The fourth-order valence-corrected chi connectivity index (χ4v) is 2.55. The van der Waals surface area contributed by atoms with Crippen molar-refractivity contribution in [2.75, 3.05) is 18.9 Å². The lowest BCUT2D eigenvalue weighted by atomic mass is 10.0. The summed E-state index contributed by atoms with van der Waals surface area (Å²) in [6.07, 6.45) is 1.61. The molecule has 0 fully saturated rings. The van der Waals surface area contributed by atoms with Crippen molar-refractivity contribution in [1.82, 2.24) is 10.6 Å². The Balaban J connectivity index is 2.09. The molecule has 0 spiro atoms. The second-order valence-corrected chi connectivity index (χ2v) is 5.82. The molecular formula is C16H23N3O2. The first-order valence-corrected chi connectivity index (χ1v) is 7.40. The maximum absolute atomic E-state index is 12.3. The quantitative estimate of drug-likeness (QED) is 0.770. The van der Waals surface area contributed by atoms with Gasteiger partial charge in [-0.3, -0.25) is 9.59 Å². The van der Waals surface area contributed by atoms with E-state index in [1.54, 1.807) is 7.05 Å². The Morgan fingerprint density at radius 1 is 1.33 bits per heavy atom. The third-order valence-electron chi connectivity index (χ3n) is 3.66. The smallest absolute Gasteiger partial charge is 0.252 e. The number of rotatable bonds is 5. The summed E-state index contributed by atoms with van der Waals surface area (Å²) in [4.78, 5) is 24.2. The van der Waals surface area contributed by atoms with E-state index in [0.29, 0.717) is 17.9 Å². The zero-order valence-corrected chi connectivity index (χ0v) is 12.8. The van der Waals surface area contributed by atoms with Crippen LogP contribution in [0, 0.1) is 5.92 Å². The molecule has 5 heteroatoms. The summed E-state index contributed by atoms with van der Waals surface area (Å²) >= 11 is 0. The molecule has 21 heavy (non-hydrogen) atoms. The second kappa shape index (κ2) is 6.61. The fourth-order valence-electron chi connectivity index (χ4n) is 2.55. The van der Waals surface area contributed by atoms with Gasteiger partial charge in [-0.05, 0) is 36.5 Å². The van der Waals surface area contributed by atoms with Crippen molar-refractivity contribution >= 4 is 17.5 Å². The molecule has 2 rings (SSSR count). The summed E-state index contributed by atoms with van der Waals surface area (Å²) < 4.78 is 0. The molecule has 0 bridgehead atoms. The van der Waals surface area contributed by atoms with Gasteiger partial charge in [-0.1, -0.05) is 19.9 Å². The van der Waals surface area contributed by atoms with E-state index in [1.807, 2.05) is 32.0 Å². The molecule has 1 unspecified atom stereocenters. The number of benzene rings is 1. The summed E-state index contributed by atoms with van der Waals surface area (Å²) in [5.74, 6) is -0.0358. The second-order valence-electron chi connectivity index (χ2n) is 5.82. The lowest BCUT2D eigenvalue weighted by molar-refractivity contribution is -0.122. The van der Waals surface area contributed by atoms with Crippen LogP contribution in [0.25, 0.3) is 0 Å². The Labute approximate surface area is 125 Å². The lowest BCUT2D eigenvalue weighted by Gasteiger charge is -2.19. The number of carbonyl (C=O) groups is 2. The van der Waals surface area contributed by atoms with Crippen LogP contribution in [0.4, 0.5) is 5.69 Å². The first kappa shape index (κ1) is 15.4. The number of carbonyl (C=O) groups excluding carboxylic acids is 2. The van der Waals surface area contributed by atoms with Crippen LogP contribution in [0.1, 0.15) is 36.2 Å². The molecule has 1 aliphatic rings. The number of anilines is 1. The summed E-state index contributed by atoms with van der Waals surface area (Å²) in [6.45, 7) is 4.97. The van der Waals surface area contributed by atoms with Crippen molar-refractivity contribution in [3.63, 3.8) is 0 Å². The molecule has 1 atom stereocenters. The van der Waals surface area contributed by atoms with Crippen molar-refractivity contribution in [2.24, 2.45) is 5.92 Å². The topological polar surface area (TPSA) is 70.2 Å². The highest BCUT2D eigenvalue weighted by atomic mass is 16.2. The molecule has 5 nitrogen and oxygen atoms in total. The fraction of sp³-hybridized carbons (Fsp3) is 0.500. The molecule has 0 aliphatic carbocycles. The van der Waals surface area contributed by atoms with Gasteiger partial charge in [-0.25, -0.2) is 0 Å². The maximum Gasteiger partial charge on any atom is 0.252 e. The van der Waals surface area contributed by atoms with Crippen LogP contribution >= 0.6 is 0 Å². The minimum Gasteiger partial charge on any atom is -0.384 e. The van der Waals surface area contributed by atoms with Gasteiger partial charge in [0.25, 0.3) is 5.91 Å². The van der Waals surface area contributed by atoms with Crippen molar-refractivity contribution < 1.29 is 9.59 Å². The standard InChI is InChI=1S/C16H23N3O2/c1-10(2)8-14(16(21)17-3)19-15(20)12-5-4-11-6-7-18-13(11)9-12/h4-5,9-10,14,18H,6-8H2,1-3H3,(H,17,21)(H,19,20). The van der Waals surface area contributed by atoms with Gasteiger partial charge in [0.1, 0.15) is 6.04 Å². The zero-order valence-electron chi connectivity index (χ0n) is 12.8. The summed E-state index contributed by atoms with van der Waals surface area (Å²) in [7, 11) is 1.58. The maximum atomic E-state index is 12.3. The van der Waals surface area contributed by atoms with E-state index in [2.05, 4.69) is 16.0 Å². The van der Waals surface area contributed by atoms with Crippen molar-refractivity contribution in [3.05, 3.63) is 29.3 Å². The van der Waals surface area contributed by atoms with Crippen LogP contribution in [-0.2, 0) is 11.2 Å². The van der Waals surface area contributed by atoms with Crippen molar-refractivity contribution in [2.45, 2.75) is 32.7 Å². The summed E-state index contributed by atoms with van der Waals surface area (Å²) in [5.41, 5.74) is 2.83. The molecule has 3 N–H and O–H groups in total. The number of hydrogen-bond donors (Lipinski definition) is 3. The van der Waals surface area contributed by atoms with E-state index in [1.165, 1.54) is 5.56 Å². The van der Waals surface area contributed by atoms with Gasteiger partial charge in [0, 0.05) is 24.8 Å². The largest absolute Gasteiger partial charge is 0.384 e. The van der Waals surface area contributed by atoms with Gasteiger partial charge in [-0.2, -0.15) is 0 Å². The van der Waals surface area contributed by atoms with E-state index in [0.717, 1.165) is 18.7 Å². The zero-order chi connectivity index (χ0) is 15.4. The van der Waals surface area contributed by atoms with Crippen LogP contribution in [0.5, 0.6) is 0 Å². The average Bonchev–Trinajstić information content (AvgIpc) is 2.92. The van der Waals surface area contributed by atoms with Gasteiger partial charge in [0.2, 0.25) is 5.91 Å². The van der Waals surface area contributed by atoms with Gasteiger partial charge in [-0.15, -0.1) is 0 Å². The molecule has 0 saturated carbocycles. The highest BCUT2D eigenvalue weighted by Crippen LogP contribution is 2.23. The van der Waals surface area contributed by atoms with Crippen LogP contribution in [0.3, 0.4) is 0 Å². The van der Waals surface area contributed by atoms with Crippen LogP contribution < -0.4 is 16.0 Å². The molecule has 1 aliphatic heterocycles. The minimum absolute atomic E-state index is 0.156. The van der Waals surface area contributed by atoms with Crippen molar-refractivity contribution in [3.8, 4) is 0 Å². The first-order valence-electron chi connectivity index (χ1n) is 7.40. The lowest BCUT2D eigenvalue weighted by Crippen LogP contribution is -2.46. The monoisotopic (exact) mass is 289 g/mol. The summed E-state index contributed by atoms with van der Waals surface area (Å²) in [6, 6.07) is 5.15. The van der Waals surface area contributed by atoms with Crippen LogP contribution in [0.15, 0.2) is 18.2 Å². The van der Waals surface area contributed by atoms with Crippen LogP contribution in [-0.4, -0.2) is 31.4 Å². The predicted molar refractivity (Wildman–Crippen MR) is 83.4 cm³/mol. The van der Waals surface area contributed by atoms with E-state index >= 15 is 0 Å². The van der Waals surface area contributed by atoms with Gasteiger partial charge < -0.3 is 16.0 Å². The Kier molecular flexibility index (Phi) is 4.83. The Hall–Kier alpha value is -2.04. The molecule has 0 aromatic heterocycles. The number of likely N-dealkylation sites (N-methyl/N-ethyl adjacent to an activating group) is 1. The van der Waals surface area contributed by atoms with E-state index in [-0.39, 0.29) is 11.8 Å². The van der Waals surface area contributed by atoms with Gasteiger partial charge >= 0.3 is 0 Å². The Bertz CT molecular complexity index is 540. The molecule has 1 aromatic rings. The average molecular weight is 289 g/mol. The number of hydrogen-bond acceptors (Lipinski definition) is 3. The molecule has 114 valence electrons. The molecule has 1 aromatic carbocycles. The van der Waals surface area contributed by atoms with Crippen molar-refractivity contribution in [1.29, 1.82) is 0 Å². The minimum atomic E-state index is -0.497. The number of amides is 2. The van der Waals surface area contributed by atoms with Gasteiger partial charge in [0.05, 0.1) is 0 Å². The van der Waals surface area contributed by atoms with E-state index < -0.39 is 6.04 Å². The van der Waals surface area contributed by atoms with Gasteiger partial charge in [0.15, 0.2) is 0 Å². The molecular weight excluding hydrogens is 266 g/mol. The normalized spacial score (nSPS) is 14.3. The summed E-state index contributed by atoms with van der Waals surface area (Å²) in [5, 5.41) is 8.69. The molecule has 2 amide bonds. The SMILES string of the molecule is CNC(=O)C(CC(C)C)NC(=O)c1ccc2c(c1)NCC2. The predicted octanol–water partition coefficient (Wildman–Crippen LogP) is 1.55. The number of fused-ring (bicyclic) bond motifs is 1. The third kappa shape index (κ3) is 3.74. The molecule has 1 heterocycles. The highest BCUT2D eigenvalue weighted by Gasteiger charge is 2.22. The Morgan fingerprint density at radius 3 is 2.76 bits per heavy atom. The van der Waals surface area contributed by atoms with E-state index in [9.17, 15) is 9.59 Å². The molecule has 0 saturated heterocycles. The molecule has 0 radical (unpaired) electrons. The number of nitrogens with one attached hydrogen (secondary N) is 3. The van der Waals surface area contributed by atoms with E-state index in [4.69, 9.17) is 0 Å². The van der Waals surface area contributed by atoms with Crippen LogP contribution in [0.2, 0.25) is 0 Å². The first-order chi connectivity index (χ1) is 10.0.